The summed E-state index contributed by atoms with van der Waals surface area (Å²) in [6.07, 6.45) is 4.81. The summed E-state index contributed by atoms with van der Waals surface area (Å²) in [5.74, 6) is 0.769. The van der Waals surface area contributed by atoms with Crippen molar-refractivity contribution in [1.29, 1.82) is 0 Å². The van der Waals surface area contributed by atoms with Crippen LogP contribution in [0.5, 0.6) is 0 Å². The SMILES string of the molecule is C=CNCCN(C)CCC(C)C(CCC)C(=O)NC(C)C. The lowest BCUT2D eigenvalue weighted by atomic mass is 9.86. The van der Waals surface area contributed by atoms with Gasteiger partial charge in [-0.1, -0.05) is 26.8 Å². The Hall–Kier alpha value is -1.03. The number of hydrogen-bond acceptors (Lipinski definition) is 3. The average molecular weight is 297 g/mol. The fraction of sp³-hybridized carbons (Fsp3) is 0.824. The Morgan fingerprint density at radius 1 is 1.24 bits per heavy atom. The number of amides is 1. The summed E-state index contributed by atoms with van der Waals surface area (Å²) in [4.78, 5) is 14.6. The highest BCUT2D eigenvalue weighted by Gasteiger charge is 2.24. The van der Waals surface area contributed by atoms with Crippen molar-refractivity contribution in [3.63, 3.8) is 0 Å². The standard InChI is InChI=1S/C17H35N3O/c1-7-9-16(17(21)19-14(3)4)15(5)10-12-20(6)13-11-18-8-2/h8,14-16,18H,2,7,9-13H2,1,3-6H3,(H,19,21). The van der Waals surface area contributed by atoms with Crippen molar-refractivity contribution in [3.05, 3.63) is 12.8 Å². The fourth-order valence-corrected chi connectivity index (χ4v) is 2.47. The molecule has 4 heteroatoms. The van der Waals surface area contributed by atoms with Crippen LogP contribution in [0.1, 0.15) is 47.0 Å². The minimum atomic E-state index is 0.136. The Kier molecular flexibility index (Phi) is 11.0. The highest BCUT2D eigenvalue weighted by atomic mass is 16.1. The van der Waals surface area contributed by atoms with E-state index in [9.17, 15) is 4.79 Å². The van der Waals surface area contributed by atoms with Gasteiger partial charge in [-0.3, -0.25) is 4.79 Å². The molecular weight excluding hydrogens is 262 g/mol. The molecule has 0 rings (SSSR count). The first-order valence-electron chi connectivity index (χ1n) is 8.25. The van der Waals surface area contributed by atoms with Gasteiger partial charge in [-0.15, -0.1) is 0 Å². The molecule has 0 heterocycles. The number of nitrogens with one attached hydrogen (secondary N) is 2. The summed E-state index contributed by atoms with van der Waals surface area (Å²) in [5, 5.41) is 6.17. The molecule has 0 fully saturated rings. The monoisotopic (exact) mass is 297 g/mol. The molecule has 0 aromatic heterocycles. The molecule has 2 N–H and O–H groups in total. The van der Waals surface area contributed by atoms with Crippen LogP contribution in [0, 0.1) is 11.8 Å². The zero-order chi connectivity index (χ0) is 16.3. The smallest absolute Gasteiger partial charge is 0.223 e. The molecule has 2 unspecified atom stereocenters. The third-order valence-electron chi connectivity index (χ3n) is 3.80. The van der Waals surface area contributed by atoms with Crippen LogP contribution in [0.2, 0.25) is 0 Å². The maximum atomic E-state index is 12.3. The number of carbonyl (C=O) groups is 1. The zero-order valence-corrected chi connectivity index (χ0v) is 14.6. The van der Waals surface area contributed by atoms with Crippen LogP contribution in [0.15, 0.2) is 12.8 Å². The summed E-state index contributed by atoms with van der Waals surface area (Å²) in [5.41, 5.74) is 0. The Bertz CT molecular complexity index is 292. The number of hydrogen-bond donors (Lipinski definition) is 2. The summed E-state index contributed by atoms with van der Waals surface area (Å²) in [6.45, 7) is 15.0. The van der Waals surface area contributed by atoms with Gasteiger partial charge in [0.15, 0.2) is 0 Å². The molecule has 0 saturated heterocycles. The predicted molar refractivity (Wildman–Crippen MR) is 91.2 cm³/mol. The van der Waals surface area contributed by atoms with E-state index in [-0.39, 0.29) is 17.9 Å². The van der Waals surface area contributed by atoms with Crippen molar-refractivity contribution < 1.29 is 4.79 Å². The van der Waals surface area contributed by atoms with E-state index in [1.165, 1.54) is 0 Å². The lowest BCUT2D eigenvalue weighted by Gasteiger charge is -2.26. The molecule has 21 heavy (non-hydrogen) atoms. The maximum Gasteiger partial charge on any atom is 0.223 e. The molecule has 0 aliphatic heterocycles. The van der Waals surface area contributed by atoms with Crippen LogP contribution in [0.4, 0.5) is 0 Å². The minimum Gasteiger partial charge on any atom is -0.390 e. The highest BCUT2D eigenvalue weighted by Crippen LogP contribution is 2.21. The van der Waals surface area contributed by atoms with Crippen LogP contribution in [0.3, 0.4) is 0 Å². The van der Waals surface area contributed by atoms with Gasteiger partial charge in [0.25, 0.3) is 0 Å². The van der Waals surface area contributed by atoms with Gasteiger partial charge in [-0.05, 0) is 52.4 Å². The predicted octanol–water partition coefficient (Wildman–Crippen LogP) is 2.62. The van der Waals surface area contributed by atoms with Crippen molar-refractivity contribution in [2.24, 2.45) is 11.8 Å². The normalized spacial score (nSPS) is 14.0. The summed E-state index contributed by atoms with van der Waals surface area (Å²) in [7, 11) is 2.13. The fourth-order valence-electron chi connectivity index (χ4n) is 2.47. The van der Waals surface area contributed by atoms with E-state index in [0.717, 1.165) is 38.9 Å². The number of nitrogens with zero attached hydrogens (tertiary/aromatic N) is 1. The minimum absolute atomic E-state index is 0.136. The lowest BCUT2D eigenvalue weighted by molar-refractivity contribution is -0.127. The van der Waals surface area contributed by atoms with Crippen LogP contribution in [-0.4, -0.2) is 43.5 Å². The van der Waals surface area contributed by atoms with Crippen molar-refractivity contribution in [2.45, 2.75) is 53.0 Å². The molecule has 1 amide bonds. The molecule has 4 nitrogen and oxygen atoms in total. The third kappa shape index (κ3) is 9.51. The Morgan fingerprint density at radius 3 is 2.43 bits per heavy atom. The van der Waals surface area contributed by atoms with Gasteiger partial charge >= 0.3 is 0 Å². The molecule has 2 atom stereocenters. The number of carbonyl (C=O) groups excluding carboxylic acids is 1. The van der Waals surface area contributed by atoms with Gasteiger partial charge in [0.2, 0.25) is 5.91 Å². The van der Waals surface area contributed by atoms with Gasteiger partial charge in [-0.25, -0.2) is 0 Å². The molecule has 0 aromatic carbocycles. The molecule has 0 aromatic rings. The molecule has 0 aliphatic rings. The highest BCUT2D eigenvalue weighted by molar-refractivity contribution is 5.79. The first-order chi connectivity index (χ1) is 9.92. The third-order valence-corrected chi connectivity index (χ3v) is 3.80. The largest absolute Gasteiger partial charge is 0.390 e. The first kappa shape index (κ1) is 20.0. The van der Waals surface area contributed by atoms with E-state index >= 15 is 0 Å². The van der Waals surface area contributed by atoms with E-state index in [4.69, 9.17) is 0 Å². The van der Waals surface area contributed by atoms with Gasteiger partial charge in [-0.2, -0.15) is 0 Å². The van der Waals surface area contributed by atoms with Crippen LogP contribution >= 0.6 is 0 Å². The van der Waals surface area contributed by atoms with E-state index in [1.807, 2.05) is 13.8 Å². The van der Waals surface area contributed by atoms with E-state index in [0.29, 0.717) is 5.92 Å². The molecule has 124 valence electrons. The van der Waals surface area contributed by atoms with Crippen LogP contribution in [0.25, 0.3) is 0 Å². The topological polar surface area (TPSA) is 44.4 Å². The van der Waals surface area contributed by atoms with Gasteiger partial charge in [0, 0.05) is 25.0 Å². The molecule has 0 spiro atoms. The van der Waals surface area contributed by atoms with Gasteiger partial charge < -0.3 is 15.5 Å². The molecular formula is C17H35N3O. The van der Waals surface area contributed by atoms with Gasteiger partial charge in [0.1, 0.15) is 0 Å². The summed E-state index contributed by atoms with van der Waals surface area (Å²) in [6, 6.07) is 0.219. The van der Waals surface area contributed by atoms with E-state index in [2.05, 4.69) is 43.0 Å². The van der Waals surface area contributed by atoms with E-state index in [1.54, 1.807) is 6.20 Å². The van der Waals surface area contributed by atoms with Crippen LogP contribution in [-0.2, 0) is 4.79 Å². The lowest BCUT2D eigenvalue weighted by Crippen LogP contribution is -2.39. The molecule has 0 aliphatic carbocycles. The summed E-state index contributed by atoms with van der Waals surface area (Å²) < 4.78 is 0. The van der Waals surface area contributed by atoms with Crippen LogP contribution < -0.4 is 10.6 Å². The summed E-state index contributed by atoms with van der Waals surface area (Å²) >= 11 is 0. The first-order valence-corrected chi connectivity index (χ1v) is 8.25. The van der Waals surface area contributed by atoms with Crippen molar-refractivity contribution in [1.82, 2.24) is 15.5 Å². The second kappa shape index (κ2) is 11.6. The number of rotatable bonds is 12. The molecule has 0 radical (unpaired) electrons. The average Bonchev–Trinajstić information content (AvgIpc) is 2.41. The quantitative estimate of drug-likeness (QED) is 0.544. The Labute approximate surface area is 131 Å². The van der Waals surface area contributed by atoms with Crippen molar-refractivity contribution in [3.8, 4) is 0 Å². The maximum absolute atomic E-state index is 12.3. The number of likely N-dealkylation sites (N-methyl/N-ethyl adjacent to an activating group) is 1. The van der Waals surface area contributed by atoms with Gasteiger partial charge in [0.05, 0.1) is 0 Å². The second-order valence-corrected chi connectivity index (χ2v) is 6.29. The van der Waals surface area contributed by atoms with Crippen molar-refractivity contribution >= 4 is 5.91 Å². The molecule has 0 saturated carbocycles. The Morgan fingerprint density at radius 2 is 1.90 bits per heavy atom. The zero-order valence-electron chi connectivity index (χ0n) is 14.6. The second-order valence-electron chi connectivity index (χ2n) is 6.29. The molecule has 0 bridgehead atoms. The Balaban J connectivity index is 4.24. The van der Waals surface area contributed by atoms with Crippen molar-refractivity contribution in [2.75, 3.05) is 26.7 Å². The van der Waals surface area contributed by atoms with E-state index < -0.39 is 0 Å².